The molecule has 0 aliphatic rings. The van der Waals surface area contributed by atoms with E-state index in [2.05, 4.69) is 10.6 Å². The van der Waals surface area contributed by atoms with E-state index in [0.29, 0.717) is 0 Å². The first-order valence-electron chi connectivity index (χ1n) is 6.17. The molecule has 0 atom stereocenters. The molecule has 4 N–H and O–H groups in total. The van der Waals surface area contributed by atoms with Crippen LogP contribution in [0.4, 0.5) is 11.4 Å². The molecule has 2 aromatic rings. The topological polar surface area (TPSA) is 98.7 Å². The summed E-state index contributed by atoms with van der Waals surface area (Å²) in [5.74, 6) is -2.16. The van der Waals surface area contributed by atoms with Gasteiger partial charge in [0.25, 0.3) is 0 Å². The first-order chi connectivity index (χ1) is 9.97. The molecule has 0 aromatic heterocycles. The summed E-state index contributed by atoms with van der Waals surface area (Å²) in [6.45, 7) is 1.79. The maximum atomic E-state index is 11.7. The molecule has 0 spiro atoms. The summed E-state index contributed by atoms with van der Waals surface area (Å²) in [7, 11) is 0. The Balaban J connectivity index is 2.06. The minimum Gasteiger partial charge on any atom is -0.506 e. The third-order valence-corrected chi connectivity index (χ3v) is 2.76. The van der Waals surface area contributed by atoms with Crippen LogP contribution in [0.5, 0.6) is 11.5 Å². The van der Waals surface area contributed by atoms with E-state index in [1.807, 2.05) is 0 Å². The average molecular weight is 286 g/mol. The van der Waals surface area contributed by atoms with Crippen LogP contribution in [0.25, 0.3) is 0 Å². The molecule has 0 unspecified atom stereocenters. The fraction of sp³-hybridized carbons (Fsp3) is 0.0667. The zero-order valence-corrected chi connectivity index (χ0v) is 11.3. The monoisotopic (exact) mass is 286 g/mol. The lowest BCUT2D eigenvalue weighted by Crippen LogP contribution is -2.29. The van der Waals surface area contributed by atoms with Gasteiger partial charge in [-0.15, -0.1) is 0 Å². The number of phenolic OH excluding ortho intramolecular Hbond substituents is 2. The number of carbonyl (C=O) groups excluding carboxylic acids is 2. The molecular weight excluding hydrogens is 272 g/mol. The van der Waals surface area contributed by atoms with Gasteiger partial charge >= 0.3 is 11.8 Å². The minimum absolute atomic E-state index is 0.126. The minimum atomic E-state index is -0.948. The Morgan fingerprint density at radius 1 is 0.857 bits per heavy atom. The number of rotatable bonds is 2. The van der Waals surface area contributed by atoms with Crippen molar-refractivity contribution in [3.05, 3.63) is 48.0 Å². The number of aryl methyl sites for hydroxylation is 1. The third kappa shape index (κ3) is 3.50. The third-order valence-electron chi connectivity index (χ3n) is 2.76. The summed E-state index contributed by atoms with van der Waals surface area (Å²) in [5.41, 5.74) is 1.09. The number of aromatic hydroxyl groups is 2. The number of amides is 2. The van der Waals surface area contributed by atoms with Crippen molar-refractivity contribution in [3.63, 3.8) is 0 Å². The molecule has 0 bridgehead atoms. The van der Waals surface area contributed by atoms with Gasteiger partial charge in [-0.1, -0.05) is 18.2 Å². The molecule has 0 radical (unpaired) electrons. The molecule has 2 aromatic carbocycles. The SMILES string of the molecule is Cc1ccc(NC(=O)C(=O)Nc2ccccc2O)c(O)c1. The smallest absolute Gasteiger partial charge is 0.314 e. The van der Waals surface area contributed by atoms with E-state index in [1.165, 1.54) is 24.3 Å². The van der Waals surface area contributed by atoms with Crippen molar-refractivity contribution in [2.45, 2.75) is 6.92 Å². The van der Waals surface area contributed by atoms with Gasteiger partial charge in [0.2, 0.25) is 0 Å². The van der Waals surface area contributed by atoms with Crippen LogP contribution < -0.4 is 10.6 Å². The fourth-order valence-electron chi connectivity index (χ4n) is 1.68. The summed E-state index contributed by atoms with van der Waals surface area (Å²) in [6, 6.07) is 10.7. The van der Waals surface area contributed by atoms with Gasteiger partial charge in [0.15, 0.2) is 0 Å². The lowest BCUT2D eigenvalue weighted by atomic mass is 10.2. The molecule has 6 nitrogen and oxygen atoms in total. The number of hydrogen-bond acceptors (Lipinski definition) is 4. The summed E-state index contributed by atoms with van der Waals surface area (Å²) in [5, 5.41) is 23.8. The Hall–Kier alpha value is -3.02. The van der Waals surface area contributed by atoms with E-state index in [4.69, 9.17) is 0 Å². The van der Waals surface area contributed by atoms with Crippen molar-refractivity contribution in [1.82, 2.24) is 0 Å². The summed E-state index contributed by atoms with van der Waals surface area (Å²) in [4.78, 5) is 23.5. The van der Waals surface area contributed by atoms with Gasteiger partial charge < -0.3 is 20.8 Å². The first-order valence-corrected chi connectivity index (χ1v) is 6.17. The molecule has 0 saturated heterocycles. The van der Waals surface area contributed by atoms with Gasteiger partial charge in [0, 0.05) is 0 Å². The second kappa shape index (κ2) is 5.96. The number of phenols is 2. The van der Waals surface area contributed by atoms with Gasteiger partial charge in [0.05, 0.1) is 11.4 Å². The Labute approximate surface area is 121 Å². The number of anilines is 2. The number of carbonyl (C=O) groups is 2. The molecule has 21 heavy (non-hydrogen) atoms. The van der Waals surface area contributed by atoms with E-state index in [1.54, 1.807) is 25.1 Å². The van der Waals surface area contributed by atoms with E-state index >= 15 is 0 Å². The summed E-state index contributed by atoms with van der Waals surface area (Å²) >= 11 is 0. The Kier molecular flexibility index (Phi) is 4.08. The molecule has 0 aliphatic carbocycles. The maximum absolute atomic E-state index is 11.7. The zero-order chi connectivity index (χ0) is 15.4. The fourth-order valence-corrected chi connectivity index (χ4v) is 1.68. The van der Waals surface area contributed by atoms with E-state index in [-0.39, 0.29) is 22.9 Å². The highest BCUT2D eigenvalue weighted by molar-refractivity contribution is 6.43. The zero-order valence-electron chi connectivity index (χ0n) is 11.3. The van der Waals surface area contributed by atoms with Crippen LogP contribution in [0.3, 0.4) is 0 Å². The summed E-state index contributed by atoms with van der Waals surface area (Å²) in [6.07, 6.45) is 0. The van der Waals surface area contributed by atoms with Crippen LogP contribution in [-0.2, 0) is 9.59 Å². The standard InChI is InChI=1S/C15H14N2O4/c1-9-6-7-11(13(19)8-9)17-15(21)14(20)16-10-4-2-3-5-12(10)18/h2-8,18-19H,1H3,(H,16,20)(H,17,21). The van der Waals surface area contributed by atoms with E-state index in [9.17, 15) is 19.8 Å². The Morgan fingerprint density at radius 2 is 1.43 bits per heavy atom. The molecule has 2 amide bonds. The van der Waals surface area contributed by atoms with Crippen molar-refractivity contribution in [3.8, 4) is 11.5 Å². The predicted octanol–water partition coefficient (Wildman–Crippen LogP) is 1.98. The van der Waals surface area contributed by atoms with E-state index < -0.39 is 11.8 Å². The second-order valence-corrected chi connectivity index (χ2v) is 4.45. The molecule has 2 rings (SSSR count). The number of hydrogen-bond donors (Lipinski definition) is 4. The van der Waals surface area contributed by atoms with Gasteiger partial charge in [-0.05, 0) is 36.8 Å². The molecule has 0 aliphatic heterocycles. The Morgan fingerprint density at radius 3 is 2.00 bits per heavy atom. The second-order valence-electron chi connectivity index (χ2n) is 4.45. The lowest BCUT2D eigenvalue weighted by Gasteiger charge is -2.09. The maximum Gasteiger partial charge on any atom is 0.314 e. The number of benzene rings is 2. The first kappa shape index (κ1) is 14.4. The van der Waals surface area contributed by atoms with Crippen LogP contribution in [0, 0.1) is 6.92 Å². The van der Waals surface area contributed by atoms with Crippen molar-refractivity contribution in [2.75, 3.05) is 10.6 Å². The van der Waals surface area contributed by atoms with Crippen LogP contribution >= 0.6 is 0 Å². The number of para-hydroxylation sites is 2. The van der Waals surface area contributed by atoms with Crippen molar-refractivity contribution in [1.29, 1.82) is 0 Å². The van der Waals surface area contributed by atoms with Crippen LogP contribution in [-0.4, -0.2) is 22.0 Å². The normalized spacial score (nSPS) is 9.95. The molecule has 0 fully saturated rings. The van der Waals surface area contributed by atoms with Gasteiger partial charge in [-0.2, -0.15) is 0 Å². The van der Waals surface area contributed by atoms with E-state index in [0.717, 1.165) is 5.56 Å². The lowest BCUT2D eigenvalue weighted by molar-refractivity contribution is -0.133. The van der Waals surface area contributed by atoms with Crippen LogP contribution in [0.15, 0.2) is 42.5 Å². The number of nitrogens with one attached hydrogen (secondary N) is 2. The Bertz CT molecular complexity index is 698. The average Bonchev–Trinajstić information content (AvgIpc) is 2.44. The molecule has 108 valence electrons. The highest BCUT2D eigenvalue weighted by atomic mass is 16.3. The highest BCUT2D eigenvalue weighted by Gasteiger charge is 2.16. The predicted molar refractivity (Wildman–Crippen MR) is 78.2 cm³/mol. The van der Waals surface area contributed by atoms with Gasteiger partial charge in [-0.25, -0.2) is 0 Å². The van der Waals surface area contributed by atoms with Gasteiger partial charge in [-0.3, -0.25) is 9.59 Å². The highest BCUT2D eigenvalue weighted by Crippen LogP contribution is 2.24. The molecule has 0 saturated carbocycles. The summed E-state index contributed by atoms with van der Waals surface area (Å²) < 4.78 is 0. The van der Waals surface area contributed by atoms with Gasteiger partial charge in [0.1, 0.15) is 11.5 Å². The molecule has 0 heterocycles. The van der Waals surface area contributed by atoms with Crippen molar-refractivity contribution < 1.29 is 19.8 Å². The quantitative estimate of drug-likeness (QED) is 0.501. The largest absolute Gasteiger partial charge is 0.506 e. The van der Waals surface area contributed by atoms with Crippen LogP contribution in [0.2, 0.25) is 0 Å². The van der Waals surface area contributed by atoms with Crippen LogP contribution in [0.1, 0.15) is 5.56 Å². The molecule has 6 heteroatoms. The van der Waals surface area contributed by atoms with Crippen molar-refractivity contribution in [2.24, 2.45) is 0 Å². The van der Waals surface area contributed by atoms with Crippen molar-refractivity contribution >= 4 is 23.2 Å². The molecular formula is C15H14N2O4.